The van der Waals surface area contributed by atoms with E-state index < -0.39 is 40.2 Å². The molecule has 0 amide bonds. The molecule has 5 heteroatoms. The van der Waals surface area contributed by atoms with Crippen LogP contribution in [0.5, 0.6) is 0 Å². The van der Waals surface area contributed by atoms with Gasteiger partial charge in [0.15, 0.2) is 0 Å². The number of rotatable bonds is 3. The summed E-state index contributed by atoms with van der Waals surface area (Å²) in [6, 6.07) is 22.9. The minimum atomic E-state index is -3.14. The summed E-state index contributed by atoms with van der Waals surface area (Å²) in [5.74, 6) is -2.88. The van der Waals surface area contributed by atoms with Gasteiger partial charge in [-0.2, -0.15) is 0 Å². The van der Waals surface area contributed by atoms with Crippen molar-refractivity contribution in [2.75, 3.05) is 0 Å². The molecule has 4 nitrogen and oxygen atoms in total. The van der Waals surface area contributed by atoms with E-state index in [0.29, 0.717) is 27.6 Å². The van der Waals surface area contributed by atoms with Crippen LogP contribution in [0, 0.1) is 32.7 Å². The zero-order valence-electron chi connectivity index (χ0n) is 35.6. The summed E-state index contributed by atoms with van der Waals surface area (Å²) in [5.41, 5.74) is 1.00. The second-order valence-corrected chi connectivity index (χ2v) is 7.94. The van der Waals surface area contributed by atoms with Crippen molar-refractivity contribution in [3.8, 4) is 22.5 Å². The predicted molar refractivity (Wildman–Crippen MR) is 150 cm³/mol. The summed E-state index contributed by atoms with van der Waals surface area (Å²) in [6.07, 6.45) is 2.34. The van der Waals surface area contributed by atoms with Crippen LogP contribution in [0.25, 0.3) is 44.6 Å². The van der Waals surface area contributed by atoms with Gasteiger partial charge >= 0.3 is 0 Å². The topological polar surface area (TPSA) is 51.8 Å². The van der Waals surface area contributed by atoms with Gasteiger partial charge in [0.25, 0.3) is 0 Å². The fourth-order valence-electron chi connectivity index (χ4n) is 3.69. The normalized spacial score (nSPS) is 18.9. The van der Waals surface area contributed by atoms with E-state index in [2.05, 4.69) is 27.1 Å². The molecule has 4 aromatic heterocycles. The van der Waals surface area contributed by atoms with E-state index in [-0.39, 0.29) is 59.5 Å². The molecule has 2 aromatic carbocycles. The van der Waals surface area contributed by atoms with E-state index in [4.69, 9.17) is 26.3 Å². The molecule has 0 N–H and O–H groups in total. The second kappa shape index (κ2) is 11.8. The first-order valence-electron chi connectivity index (χ1n) is 19.0. The van der Waals surface area contributed by atoms with Gasteiger partial charge in [0.05, 0.1) is 5.58 Å². The first-order chi connectivity index (χ1) is 24.3. The van der Waals surface area contributed by atoms with E-state index in [1.54, 1.807) is 42.5 Å². The molecule has 0 bridgehead atoms. The number of pyridine rings is 3. The average Bonchev–Trinajstić information content (AvgIpc) is 3.44. The predicted octanol–water partition coefficient (Wildman–Crippen LogP) is 8.44. The van der Waals surface area contributed by atoms with Gasteiger partial charge in [-0.3, -0.25) is 0 Å². The average molecular weight is 692 g/mol. The number of fused-ring (bicyclic) bond motifs is 3. The fourth-order valence-corrected chi connectivity index (χ4v) is 3.69. The summed E-state index contributed by atoms with van der Waals surface area (Å²) in [6.45, 7) is -13.7. The van der Waals surface area contributed by atoms with Gasteiger partial charge in [0.1, 0.15) is 0 Å². The van der Waals surface area contributed by atoms with Gasteiger partial charge in [0, 0.05) is 65.5 Å². The Morgan fingerprint density at radius 3 is 2.58 bits per heavy atom. The minimum absolute atomic E-state index is 0. The smallest absolute Gasteiger partial charge is 0.216 e. The second-order valence-electron chi connectivity index (χ2n) is 7.94. The number of furan rings is 1. The maximum absolute atomic E-state index is 8.41. The third-order valence-electron chi connectivity index (χ3n) is 5.49. The van der Waals surface area contributed by atoms with Gasteiger partial charge in [0.2, 0.25) is 5.71 Å². The monoisotopic (exact) mass is 692 g/mol. The number of nitrogens with zero attached hydrogens (tertiary/aromatic N) is 3. The molecular formula is C33H29IrN3O-2. The summed E-state index contributed by atoms with van der Waals surface area (Å²) < 4.78 is 128. The SMILES string of the molecule is [2H]C([2H])([2H])c1ccc2c(n1)oc1c(-c3cc(C([2H])(C([2H])([2H])[2H])C([2H])([2H])[2H])ccn3)[c-]ccc12.[2H]C([2H])([2H])c1cnc(-c2[c-]cccc2)cc1C([2H])([2H])[2H].[Ir]. The van der Waals surface area contributed by atoms with Crippen LogP contribution in [0.3, 0.4) is 0 Å². The first-order valence-corrected chi connectivity index (χ1v) is 11.0. The molecule has 193 valence electrons. The largest absolute Gasteiger partial charge is 0.486 e. The molecule has 4 heterocycles. The molecule has 0 atom stereocenters. The van der Waals surface area contributed by atoms with E-state index in [1.807, 2.05) is 0 Å². The van der Waals surface area contributed by atoms with Crippen LogP contribution in [-0.4, -0.2) is 15.0 Å². The Kier molecular flexibility index (Phi) is 4.17. The number of aromatic nitrogens is 3. The van der Waals surface area contributed by atoms with Crippen LogP contribution in [-0.2, 0) is 20.1 Å². The van der Waals surface area contributed by atoms with Gasteiger partial charge in [-0.25, -0.2) is 4.98 Å². The molecule has 0 saturated heterocycles. The molecule has 0 aliphatic carbocycles. The number of aryl methyl sites for hydroxylation is 3. The van der Waals surface area contributed by atoms with Crippen molar-refractivity contribution in [2.45, 2.75) is 40.2 Å². The number of hydrogen-bond donors (Lipinski definition) is 0. The molecular weight excluding hydrogens is 647 g/mol. The molecule has 6 rings (SSSR count). The van der Waals surface area contributed by atoms with Crippen molar-refractivity contribution in [3.63, 3.8) is 0 Å². The Morgan fingerprint density at radius 1 is 0.868 bits per heavy atom. The number of benzene rings is 2. The van der Waals surface area contributed by atoms with Gasteiger partial charge in [-0.1, -0.05) is 47.9 Å². The third kappa shape index (κ3) is 5.75. The van der Waals surface area contributed by atoms with Crippen LogP contribution < -0.4 is 0 Å². The van der Waals surface area contributed by atoms with E-state index in [0.717, 1.165) is 6.20 Å². The van der Waals surface area contributed by atoms with Crippen LogP contribution >= 0.6 is 0 Å². The van der Waals surface area contributed by atoms with Crippen LogP contribution in [0.2, 0.25) is 0 Å². The van der Waals surface area contributed by atoms with Gasteiger partial charge in [-0.15, -0.1) is 54.1 Å². The van der Waals surface area contributed by atoms with E-state index in [1.165, 1.54) is 30.5 Å². The van der Waals surface area contributed by atoms with Crippen molar-refractivity contribution in [3.05, 3.63) is 114 Å². The third-order valence-corrected chi connectivity index (χ3v) is 5.49. The summed E-state index contributed by atoms with van der Waals surface area (Å²) in [4.78, 5) is 12.4. The molecule has 0 aliphatic heterocycles. The van der Waals surface area contributed by atoms with Crippen LogP contribution in [0.15, 0.2) is 83.5 Å². The molecule has 0 saturated carbocycles. The number of hydrogen-bond acceptors (Lipinski definition) is 4. The van der Waals surface area contributed by atoms with E-state index in [9.17, 15) is 0 Å². The fraction of sp³-hybridized carbons (Fsp3) is 0.182. The summed E-state index contributed by atoms with van der Waals surface area (Å²) in [5, 5.41) is 1.16. The summed E-state index contributed by atoms with van der Waals surface area (Å²) >= 11 is 0. The van der Waals surface area contributed by atoms with E-state index >= 15 is 0 Å². The Morgan fingerprint density at radius 2 is 1.79 bits per heavy atom. The molecule has 1 radical (unpaired) electrons. The van der Waals surface area contributed by atoms with Gasteiger partial charge in [-0.05, 0) is 61.6 Å². The molecule has 38 heavy (non-hydrogen) atoms. The standard InChI is InChI=1S/C20H17N2O.C13H12N.Ir/c1-12(2)14-9-10-21-18(11-14)17-6-4-5-15-16-8-7-13(3)22-20(16)23-19(15)17;1-10-8-13(14-9-11(10)2)12-6-4-3-5-7-12;/h4-5,7-12H,1-3H3;3-6,8-9H,1-2H3;/q2*-1;/i1D3,2D3,3D3,12D;1D3,2D3;. The van der Waals surface area contributed by atoms with Crippen molar-refractivity contribution in [1.82, 2.24) is 15.0 Å². The van der Waals surface area contributed by atoms with Crippen molar-refractivity contribution in [1.29, 1.82) is 0 Å². The summed E-state index contributed by atoms with van der Waals surface area (Å²) in [7, 11) is 0. The zero-order valence-corrected chi connectivity index (χ0v) is 22.0. The maximum Gasteiger partial charge on any atom is 0.216 e. The van der Waals surface area contributed by atoms with Crippen molar-refractivity contribution >= 4 is 22.1 Å². The zero-order chi connectivity index (χ0) is 39.4. The molecule has 0 fully saturated rings. The Hall–Kier alpha value is -3.66. The minimum Gasteiger partial charge on any atom is -0.486 e. The van der Waals surface area contributed by atoms with Crippen molar-refractivity contribution in [2.24, 2.45) is 0 Å². The molecule has 0 unspecified atom stereocenters. The van der Waals surface area contributed by atoms with Crippen LogP contribution in [0.1, 0.15) is 63.9 Å². The maximum atomic E-state index is 8.41. The molecule has 0 aliphatic rings. The first kappa shape index (κ1) is 13.4. The molecule has 0 spiro atoms. The van der Waals surface area contributed by atoms with Crippen molar-refractivity contribution < 1.29 is 46.5 Å². The molecule has 6 aromatic rings. The van der Waals surface area contributed by atoms with Gasteiger partial charge < -0.3 is 14.4 Å². The Bertz CT molecular complexity index is 2240. The Balaban J connectivity index is 0.000000266. The Labute approximate surface area is 260 Å². The van der Waals surface area contributed by atoms with Crippen LogP contribution in [0.4, 0.5) is 0 Å². The quantitative estimate of drug-likeness (QED) is 0.175.